The molecule has 1 heterocycles. The summed E-state index contributed by atoms with van der Waals surface area (Å²) in [5.74, 6) is 0.531. The lowest BCUT2D eigenvalue weighted by Gasteiger charge is -2.04. The fourth-order valence-electron chi connectivity index (χ4n) is 0.611. The minimum Gasteiger partial charge on any atom is -0.449 e. The molecule has 0 fully saturated rings. The summed E-state index contributed by atoms with van der Waals surface area (Å²) >= 11 is 0. The van der Waals surface area contributed by atoms with Gasteiger partial charge in [0.05, 0.1) is 12.9 Å². The Hall–Kier alpha value is -1.72. The summed E-state index contributed by atoms with van der Waals surface area (Å²) in [4.78, 5) is 17.2. The van der Waals surface area contributed by atoms with Gasteiger partial charge in [-0.3, -0.25) is 5.43 Å². The number of carbonyl (C=O) groups excluding carboxylic acids is 1. The van der Waals surface area contributed by atoms with Crippen LogP contribution >= 0.6 is 0 Å². The maximum absolute atomic E-state index is 10.7. The van der Waals surface area contributed by atoms with Crippen LogP contribution in [-0.4, -0.2) is 22.7 Å². The van der Waals surface area contributed by atoms with Crippen molar-refractivity contribution in [3.05, 3.63) is 12.5 Å². The molecule has 3 N–H and O–H groups in total. The van der Waals surface area contributed by atoms with Crippen molar-refractivity contribution in [3.8, 4) is 0 Å². The summed E-state index contributed by atoms with van der Waals surface area (Å²) in [6.07, 6.45) is 2.57. The minimum atomic E-state index is -0.527. The van der Waals surface area contributed by atoms with Crippen molar-refractivity contribution in [2.24, 2.45) is 0 Å². The van der Waals surface area contributed by atoms with E-state index >= 15 is 0 Å². The molecule has 0 aromatic carbocycles. The van der Waals surface area contributed by atoms with E-state index in [1.54, 1.807) is 13.1 Å². The Labute approximate surface area is 69.3 Å². The smallest absolute Gasteiger partial charge is 0.425 e. The van der Waals surface area contributed by atoms with Gasteiger partial charge in [-0.15, -0.1) is 0 Å². The van der Waals surface area contributed by atoms with Gasteiger partial charge in [0, 0.05) is 6.20 Å². The van der Waals surface area contributed by atoms with Gasteiger partial charge in [-0.2, -0.15) is 0 Å². The van der Waals surface area contributed by atoms with Crippen LogP contribution in [0, 0.1) is 0 Å². The number of imidazole rings is 1. The number of nitrogens with zero attached hydrogens (tertiary/aromatic N) is 1. The van der Waals surface area contributed by atoms with E-state index in [9.17, 15) is 4.79 Å². The van der Waals surface area contributed by atoms with Crippen LogP contribution in [0.1, 0.15) is 6.92 Å². The Morgan fingerprint density at radius 3 is 3.25 bits per heavy atom. The molecule has 1 aromatic heterocycles. The van der Waals surface area contributed by atoms with Crippen LogP contribution in [0.5, 0.6) is 0 Å². The van der Waals surface area contributed by atoms with Gasteiger partial charge in [-0.25, -0.2) is 15.2 Å². The van der Waals surface area contributed by atoms with Crippen LogP contribution in [0.4, 0.5) is 10.6 Å². The molecule has 0 spiro atoms. The fourth-order valence-corrected chi connectivity index (χ4v) is 0.611. The summed E-state index contributed by atoms with van der Waals surface area (Å²) in [5, 5.41) is 0. The van der Waals surface area contributed by atoms with Crippen LogP contribution in [0.25, 0.3) is 0 Å². The van der Waals surface area contributed by atoms with Crippen molar-refractivity contribution in [2.45, 2.75) is 6.92 Å². The number of aromatic nitrogens is 2. The van der Waals surface area contributed by atoms with E-state index in [-0.39, 0.29) is 0 Å². The predicted octanol–water partition coefficient (Wildman–Crippen LogP) is 0.483. The lowest BCUT2D eigenvalue weighted by atomic mass is 10.8. The van der Waals surface area contributed by atoms with Gasteiger partial charge in [-0.05, 0) is 6.92 Å². The largest absolute Gasteiger partial charge is 0.449 e. The second-order valence-electron chi connectivity index (χ2n) is 1.92. The number of nitrogens with one attached hydrogen (secondary N) is 3. The second-order valence-corrected chi connectivity index (χ2v) is 1.92. The zero-order valence-electron chi connectivity index (χ0n) is 6.63. The molecule has 66 valence electrons. The number of hydrogen-bond acceptors (Lipinski definition) is 4. The summed E-state index contributed by atoms with van der Waals surface area (Å²) in [5.41, 5.74) is 4.83. The molecule has 0 aliphatic carbocycles. The molecule has 0 unspecified atom stereocenters. The molecule has 0 saturated carbocycles. The number of H-pyrrole nitrogens is 1. The van der Waals surface area contributed by atoms with Crippen LogP contribution in [0.3, 0.4) is 0 Å². The van der Waals surface area contributed by atoms with Crippen LogP contribution in [0.15, 0.2) is 12.5 Å². The summed E-state index contributed by atoms with van der Waals surface area (Å²) in [7, 11) is 0. The average molecular weight is 170 g/mol. The van der Waals surface area contributed by atoms with Crippen LogP contribution in [-0.2, 0) is 4.74 Å². The van der Waals surface area contributed by atoms with Gasteiger partial charge >= 0.3 is 6.09 Å². The molecule has 1 aromatic rings. The highest BCUT2D eigenvalue weighted by atomic mass is 16.5. The average Bonchev–Trinajstić information content (AvgIpc) is 2.53. The molecule has 6 heteroatoms. The Kier molecular flexibility index (Phi) is 2.95. The van der Waals surface area contributed by atoms with E-state index in [0.29, 0.717) is 12.4 Å². The Bertz CT molecular complexity index is 234. The van der Waals surface area contributed by atoms with Crippen molar-refractivity contribution in [1.82, 2.24) is 15.4 Å². The molecule has 0 aliphatic heterocycles. The Morgan fingerprint density at radius 2 is 2.67 bits per heavy atom. The van der Waals surface area contributed by atoms with Gasteiger partial charge in [0.2, 0.25) is 0 Å². The van der Waals surface area contributed by atoms with Crippen molar-refractivity contribution in [2.75, 3.05) is 12.0 Å². The number of carbonyl (C=O) groups is 1. The number of anilines is 1. The number of hydrogen-bond donors (Lipinski definition) is 3. The fraction of sp³-hybridized carbons (Fsp3) is 0.333. The number of amides is 1. The van der Waals surface area contributed by atoms with E-state index < -0.39 is 6.09 Å². The normalized spacial score (nSPS) is 9.08. The van der Waals surface area contributed by atoms with Crippen molar-refractivity contribution in [1.29, 1.82) is 0 Å². The van der Waals surface area contributed by atoms with Crippen molar-refractivity contribution < 1.29 is 9.53 Å². The SMILES string of the molecule is CCOC(=O)NNc1c[nH]cn1. The van der Waals surface area contributed by atoms with E-state index in [0.717, 1.165) is 0 Å². The molecule has 1 rings (SSSR count). The molecule has 6 nitrogen and oxygen atoms in total. The Balaban J connectivity index is 2.22. The molecule has 0 saturated heterocycles. The molecule has 12 heavy (non-hydrogen) atoms. The highest BCUT2D eigenvalue weighted by Gasteiger charge is 1.98. The van der Waals surface area contributed by atoms with E-state index in [1.807, 2.05) is 0 Å². The van der Waals surface area contributed by atoms with Gasteiger partial charge in [-0.1, -0.05) is 0 Å². The van der Waals surface area contributed by atoms with Gasteiger partial charge in [0.1, 0.15) is 0 Å². The number of hydrazine groups is 1. The minimum absolute atomic E-state index is 0.341. The zero-order valence-corrected chi connectivity index (χ0v) is 6.63. The Morgan fingerprint density at radius 1 is 1.83 bits per heavy atom. The number of ether oxygens (including phenoxy) is 1. The summed E-state index contributed by atoms with van der Waals surface area (Å²) in [6, 6.07) is 0. The maximum atomic E-state index is 10.7. The molecular formula is C6H10N4O2. The topological polar surface area (TPSA) is 79.0 Å². The van der Waals surface area contributed by atoms with Crippen molar-refractivity contribution in [3.63, 3.8) is 0 Å². The molecule has 0 aliphatic rings. The molecular weight excluding hydrogens is 160 g/mol. The maximum Gasteiger partial charge on any atom is 0.425 e. The van der Waals surface area contributed by atoms with Gasteiger partial charge in [0.25, 0.3) is 0 Å². The predicted molar refractivity (Wildman–Crippen MR) is 42.4 cm³/mol. The number of rotatable bonds is 3. The summed E-state index contributed by atoms with van der Waals surface area (Å²) < 4.78 is 4.59. The molecule has 0 bridgehead atoms. The lowest BCUT2D eigenvalue weighted by molar-refractivity contribution is 0.154. The molecule has 0 radical (unpaired) electrons. The van der Waals surface area contributed by atoms with Crippen molar-refractivity contribution >= 4 is 11.9 Å². The second kappa shape index (κ2) is 4.22. The van der Waals surface area contributed by atoms with Crippen LogP contribution in [0.2, 0.25) is 0 Å². The first-order chi connectivity index (χ1) is 5.83. The first-order valence-corrected chi connectivity index (χ1v) is 3.50. The molecule has 1 amide bonds. The highest BCUT2D eigenvalue weighted by molar-refractivity contribution is 5.68. The monoisotopic (exact) mass is 170 g/mol. The zero-order chi connectivity index (χ0) is 8.81. The number of aromatic amines is 1. The third-order valence-corrected chi connectivity index (χ3v) is 1.07. The first kappa shape index (κ1) is 8.38. The third kappa shape index (κ3) is 2.49. The van der Waals surface area contributed by atoms with Gasteiger partial charge < -0.3 is 9.72 Å². The summed E-state index contributed by atoms with van der Waals surface area (Å²) in [6.45, 7) is 2.07. The van der Waals surface area contributed by atoms with Gasteiger partial charge in [0.15, 0.2) is 5.82 Å². The highest BCUT2D eigenvalue weighted by Crippen LogP contribution is 1.94. The standard InChI is InChI=1S/C6H10N4O2/c1-2-12-6(11)10-9-5-3-7-4-8-5/h3-4,9H,2H2,1H3,(H,7,8)(H,10,11). The van der Waals surface area contributed by atoms with E-state index in [4.69, 9.17) is 0 Å². The quantitative estimate of drug-likeness (QED) is 0.576. The third-order valence-electron chi connectivity index (χ3n) is 1.07. The van der Waals surface area contributed by atoms with E-state index in [2.05, 4.69) is 25.6 Å². The first-order valence-electron chi connectivity index (χ1n) is 3.50. The van der Waals surface area contributed by atoms with Crippen LogP contribution < -0.4 is 10.9 Å². The lowest BCUT2D eigenvalue weighted by Crippen LogP contribution is -2.30. The molecule has 0 atom stereocenters. The van der Waals surface area contributed by atoms with E-state index in [1.165, 1.54) is 6.33 Å².